The second-order valence-corrected chi connectivity index (χ2v) is 9.03. The Bertz CT molecular complexity index is 1310. The molecule has 190 valence electrons. The van der Waals surface area contributed by atoms with Crippen molar-refractivity contribution in [2.45, 2.75) is 37.7 Å². The number of carbonyl (C=O) groups excluding carboxylic acids is 1. The summed E-state index contributed by atoms with van der Waals surface area (Å²) in [6.07, 6.45) is -2.89. The molecule has 2 amide bonds. The van der Waals surface area contributed by atoms with Crippen LogP contribution in [0.3, 0.4) is 0 Å². The van der Waals surface area contributed by atoms with Gasteiger partial charge in [-0.25, -0.2) is 14.2 Å². The number of anilines is 1. The zero-order valence-electron chi connectivity index (χ0n) is 19.3. The molecule has 4 heterocycles. The third-order valence-corrected chi connectivity index (χ3v) is 6.66. The molecule has 0 saturated carbocycles. The van der Waals surface area contributed by atoms with Gasteiger partial charge in [0.05, 0.1) is 42.7 Å². The van der Waals surface area contributed by atoms with Crippen molar-refractivity contribution >= 4 is 11.8 Å². The largest absolute Gasteiger partial charge is 0.419 e. The fourth-order valence-electron chi connectivity index (χ4n) is 4.76. The van der Waals surface area contributed by atoms with Crippen molar-refractivity contribution in [3.8, 4) is 11.3 Å². The third-order valence-electron chi connectivity index (χ3n) is 6.66. The second-order valence-electron chi connectivity index (χ2n) is 9.03. The van der Waals surface area contributed by atoms with E-state index < -0.39 is 29.2 Å². The predicted octanol–water partition coefficient (Wildman–Crippen LogP) is 4.09. The van der Waals surface area contributed by atoms with Gasteiger partial charge in [-0.3, -0.25) is 4.68 Å². The van der Waals surface area contributed by atoms with E-state index in [1.165, 1.54) is 18.3 Å². The quantitative estimate of drug-likeness (QED) is 0.524. The summed E-state index contributed by atoms with van der Waals surface area (Å²) in [6, 6.07) is 7.93. The van der Waals surface area contributed by atoms with E-state index in [1.807, 2.05) is 0 Å². The fraction of sp³-hybridized carbons (Fsp3) is 0.375. The Morgan fingerprint density at radius 2 is 2.06 bits per heavy atom. The van der Waals surface area contributed by atoms with Crippen LogP contribution in [0.1, 0.15) is 36.2 Å². The van der Waals surface area contributed by atoms with Gasteiger partial charge in [0, 0.05) is 24.7 Å². The van der Waals surface area contributed by atoms with Crippen LogP contribution in [0.15, 0.2) is 42.6 Å². The van der Waals surface area contributed by atoms with Gasteiger partial charge in [0.2, 0.25) is 0 Å². The topological polar surface area (TPSA) is 98.3 Å². The van der Waals surface area contributed by atoms with Gasteiger partial charge in [-0.15, -0.1) is 0 Å². The summed E-state index contributed by atoms with van der Waals surface area (Å²) >= 11 is 0. The molecular weight excluding hydrogens is 480 g/mol. The molecule has 1 spiro atoms. The molecule has 12 heteroatoms. The molecule has 2 aliphatic heterocycles. The summed E-state index contributed by atoms with van der Waals surface area (Å²) < 4.78 is 61.4. The molecule has 5 rings (SSSR count). The van der Waals surface area contributed by atoms with Crippen molar-refractivity contribution in [2.24, 2.45) is 0 Å². The lowest BCUT2D eigenvalue weighted by molar-refractivity contribution is -0.137. The molecule has 3 aromatic rings. The Labute approximate surface area is 204 Å². The Balaban J connectivity index is 1.36. The zero-order valence-corrected chi connectivity index (χ0v) is 19.3. The van der Waals surface area contributed by atoms with Gasteiger partial charge in [0.15, 0.2) is 0 Å². The first-order valence-corrected chi connectivity index (χ1v) is 11.4. The number of nitrogens with two attached hydrogens (primary N) is 1. The Morgan fingerprint density at radius 1 is 1.25 bits per heavy atom. The smallest absolute Gasteiger partial charge is 0.383 e. The lowest BCUT2D eigenvalue weighted by Gasteiger charge is -2.34. The van der Waals surface area contributed by atoms with Crippen LogP contribution < -0.4 is 11.1 Å². The third kappa shape index (κ3) is 4.36. The summed E-state index contributed by atoms with van der Waals surface area (Å²) in [5.74, 6) is -0.980. The van der Waals surface area contributed by atoms with Crippen molar-refractivity contribution in [3.05, 3.63) is 65.2 Å². The molecule has 0 radical (unpaired) electrons. The minimum atomic E-state index is -4.64. The highest BCUT2D eigenvalue weighted by atomic mass is 19.4. The number of alkyl halides is 3. The molecule has 36 heavy (non-hydrogen) atoms. The summed E-state index contributed by atoms with van der Waals surface area (Å²) in [4.78, 5) is 18.3. The van der Waals surface area contributed by atoms with Gasteiger partial charge in [0.25, 0.3) is 0 Å². The zero-order chi connectivity index (χ0) is 25.7. The summed E-state index contributed by atoms with van der Waals surface area (Å²) in [7, 11) is 0. The monoisotopic (exact) mass is 504 g/mol. The average Bonchev–Trinajstić information content (AvgIpc) is 3.45. The molecular formula is C24H24F4N6O2. The minimum Gasteiger partial charge on any atom is -0.383 e. The number of nitrogen functional groups attached to an aromatic ring is 1. The molecule has 2 aromatic heterocycles. The maximum absolute atomic E-state index is 13.6. The van der Waals surface area contributed by atoms with Gasteiger partial charge < -0.3 is 20.7 Å². The van der Waals surface area contributed by atoms with Crippen molar-refractivity contribution in [2.75, 3.05) is 25.4 Å². The first-order chi connectivity index (χ1) is 17.1. The van der Waals surface area contributed by atoms with Crippen molar-refractivity contribution < 1.29 is 27.1 Å². The van der Waals surface area contributed by atoms with Gasteiger partial charge in [0.1, 0.15) is 17.2 Å². The van der Waals surface area contributed by atoms with E-state index in [0.29, 0.717) is 43.1 Å². The number of halogens is 4. The summed E-state index contributed by atoms with van der Waals surface area (Å²) in [6.45, 7) is 3.19. The average molecular weight is 504 g/mol. The maximum Gasteiger partial charge on any atom is 0.419 e. The normalized spacial score (nSPS) is 20.4. The number of rotatable bonds is 3. The van der Waals surface area contributed by atoms with E-state index in [2.05, 4.69) is 15.4 Å². The van der Waals surface area contributed by atoms with E-state index in [-0.39, 0.29) is 24.0 Å². The highest BCUT2D eigenvalue weighted by molar-refractivity contribution is 5.75. The number of ether oxygens (including phenoxy) is 1. The van der Waals surface area contributed by atoms with E-state index in [0.717, 1.165) is 6.07 Å². The van der Waals surface area contributed by atoms with Crippen molar-refractivity contribution in [3.63, 3.8) is 0 Å². The van der Waals surface area contributed by atoms with E-state index in [9.17, 15) is 22.4 Å². The number of hydrogen-bond donors (Lipinski definition) is 2. The van der Waals surface area contributed by atoms with E-state index in [4.69, 9.17) is 10.5 Å². The molecule has 0 aliphatic carbocycles. The van der Waals surface area contributed by atoms with Crippen LogP contribution >= 0.6 is 0 Å². The highest BCUT2D eigenvalue weighted by Gasteiger charge is 2.47. The lowest BCUT2D eigenvalue weighted by atomic mass is 9.96. The Kier molecular flexibility index (Phi) is 5.86. The number of carbonyl (C=O) groups is 1. The number of aromatic nitrogens is 3. The number of likely N-dealkylation sites (tertiary alicyclic amines) is 1. The molecule has 1 fully saturated rings. The molecule has 1 unspecified atom stereocenters. The molecule has 1 aromatic carbocycles. The van der Waals surface area contributed by atoms with Crippen LogP contribution in [-0.2, 0) is 23.1 Å². The summed E-state index contributed by atoms with van der Waals surface area (Å²) in [5, 5.41) is 7.38. The van der Waals surface area contributed by atoms with E-state index in [1.54, 1.807) is 34.7 Å². The van der Waals surface area contributed by atoms with Crippen LogP contribution in [0.2, 0.25) is 0 Å². The van der Waals surface area contributed by atoms with Gasteiger partial charge >= 0.3 is 12.2 Å². The number of nitrogens with zero attached hydrogens (tertiary/aromatic N) is 4. The number of nitrogens with one attached hydrogen (secondary N) is 1. The number of hydrogen-bond acceptors (Lipinski definition) is 5. The van der Waals surface area contributed by atoms with Crippen molar-refractivity contribution in [1.82, 2.24) is 25.0 Å². The molecule has 3 N–H and O–H groups in total. The SMILES string of the molecule is C[C@@H](NC(=O)N1CCC2(C1)OCCn1nc(-c3cnc(N)c(C(F)(F)F)c3)cc12)c1cccc(F)c1. The van der Waals surface area contributed by atoms with E-state index >= 15 is 0 Å². The molecule has 2 atom stereocenters. The second kappa shape index (κ2) is 8.77. The number of amides is 2. The standard InChI is InChI=1S/C24H24F4N6O2/c1-14(15-3-2-4-17(25)9-15)31-22(35)33-6-5-23(13-33)20-11-19(32-34(20)7-8-36-23)16-10-18(24(26,27)28)21(29)30-12-16/h2-4,9-12,14H,5-8,13H2,1H3,(H2,29,30)(H,31,35)/t14-,23?/m1/s1. The minimum absolute atomic E-state index is 0.185. The number of fused-ring (bicyclic) bond motifs is 2. The Morgan fingerprint density at radius 3 is 2.81 bits per heavy atom. The number of urea groups is 1. The summed E-state index contributed by atoms with van der Waals surface area (Å²) in [5.41, 5.74) is 5.40. The number of benzene rings is 1. The molecule has 2 aliphatic rings. The fourth-order valence-corrected chi connectivity index (χ4v) is 4.76. The van der Waals surface area contributed by atoms with Crippen molar-refractivity contribution in [1.29, 1.82) is 0 Å². The van der Waals surface area contributed by atoms with Gasteiger partial charge in [-0.05, 0) is 36.8 Å². The predicted molar refractivity (Wildman–Crippen MR) is 122 cm³/mol. The van der Waals surface area contributed by atoms with Crippen LogP contribution in [0, 0.1) is 5.82 Å². The highest BCUT2D eigenvalue weighted by Crippen LogP contribution is 2.41. The lowest BCUT2D eigenvalue weighted by Crippen LogP contribution is -2.44. The first-order valence-electron chi connectivity index (χ1n) is 11.4. The maximum atomic E-state index is 13.6. The van der Waals surface area contributed by atoms with Crippen LogP contribution in [-0.4, -0.2) is 45.4 Å². The van der Waals surface area contributed by atoms with Gasteiger partial charge in [-0.1, -0.05) is 12.1 Å². The number of pyridine rings is 1. The molecule has 1 saturated heterocycles. The van der Waals surface area contributed by atoms with Crippen LogP contribution in [0.25, 0.3) is 11.3 Å². The van der Waals surface area contributed by atoms with Gasteiger partial charge in [-0.2, -0.15) is 18.3 Å². The Hall–Kier alpha value is -3.67. The molecule has 8 nitrogen and oxygen atoms in total. The molecule has 0 bridgehead atoms. The van der Waals surface area contributed by atoms with Crippen LogP contribution in [0.4, 0.5) is 28.2 Å². The van der Waals surface area contributed by atoms with Crippen LogP contribution in [0.5, 0.6) is 0 Å². The first kappa shape index (κ1) is 24.0.